The summed E-state index contributed by atoms with van der Waals surface area (Å²) in [7, 11) is 1.56. The molecule has 35 heavy (non-hydrogen) atoms. The second-order valence-electron chi connectivity index (χ2n) is 8.26. The van der Waals surface area contributed by atoms with E-state index in [0.717, 1.165) is 27.7 Å². The molecule has 2 aromatic heterocycles. The number of amides is 1. The van der Waals surface area contributed by atoms with Crippen molar-refractivity contribution in [3.05, 3.63) is 88.2 Å². The number of carbonyl (C=O) groups is 1. The SMILES string of the molecule is COc1ccccc1-n1c(SCC(=O)Nc2cc(C)ccc2C)nc2c([nH]c3ccccc32)c1=O. The van der Waals surface area contributed by atoms with E-state index in [2.05, 4.69) is 10.3 Å². The van der Waals surface area contributed by atoms with Gasteiger partial charge in [0, 0.05) is 16.6 Å². The molecular formula is C27H24N4O3S. The van der Waals surface area contributed by atoms with Crippen LogP contribution in [0.4, 0.5) is 5.69 Å². The molecule has 0 atom stereocenters. The minimum atomic E-state index is -0.256. The Balaban J connectivity index is 1.58. The van der Waals surface area contributed by atoms with E-state index in [1.54, 1.807) is 19.2 Å². The highest BCUT2D eigenvalue weighted by Crippen LogP contribution is 2.29. The molecule has 1 amide bonds. The third-order valence-corrected chi connectivity index (χ3v) is 6.76. The number of hydrogen-bond acceptors (Lipinski definition) is 5. The van der Waals surface area contributed by atoms with E-state index in [1.165, 1.54) is 16.3 Å². The molecule has 5 rings (SSSR count). The van der Waals surface area contributed by atoms with Crippen LogP contribution in [0, 0.1) is 13.8 Å². The molecule has 0 fully saturated rings. The summed E-state index contributed by atoms with van der Waals surface area (Å²) in [5, 5.41) is 4.24. The Morgan fingerprint density at radius 1 is 1.09 bits per heavy atom. The average Bonchev–Trinajstić information content (AvgIpc) is 3.24. The molecule has 0 radical (unpaired) electrons. The summed E-state index contributed by atoms with van der Waals surface area (Å²) in [6.07, 6.45) is 0. The van der Waals surface area contributed by atoms with Gasteiger partial charge in [-0.05, 0) is 49.2 Å². The maximum absolute atomic E-state index is 13.7. The van der Waals surface area contributed by atoms with Gasteiger partial charge in [0.25, 0.3) is 5.56 Å². The number of aromatic amines is 1. The number of benzene rings is 3. The lowest BCUT2D eigenvalue weighted by Crippen LogP contribution is -2.23. The van der Waals surface area contributed by atoms with E-state index in [0.29, 0.717) is 27.6 Å². The van der Waals surface area contributed by atoms with Crippen LogP contribution in [0.2, 0.25) is 0 Å². The van der Waals surface area contributed by atoms with Crippen molar-refractivity contribution in [1.82, 2.24) is 14.5 Å². The van der Waals surface area contributed by atoms with Gasteiger partial charge in [-0.3, -0.25) is 9.59 Å². The van der Waals surface area contributed by atoms with Gasteiger partial charge in [0.15, 0.2) is 5.16 Å². The van der Waals surface area contributed by atoms with E-state index in [-0.39, 0.29) is 17.2 Å². The predicted octanol–water partition coefficient (Wildman–Crippen LogP) is 5.22. The number of ether oxygens (including phenoxy) is 1. The van der Waals surface area contributed by atoms with Crippen LogP contribution in [0.1, 0.15) is 11.1 Å². The predicted molar refractivity (Wildman–Crippen MR) is 141 cm³/mol. The van der Waals surface area contributed by atoms with Gasteiger partial charge >= 0.3 is 0 Å². The zero-order valence-electron chi connectivity index (χ0n) is 19.6. The molecule has 0 saturated heterocycles. The Hall–Kier alpha value is -4.04. The smallest absolute Gasteiger partial charge is 0.283 e. The summed E-state index contributed by atoms with van der Waals surface area (Å²) >= 11 is 1.21. The van der Waals surface area contributed by atoms with Crippen molar-refractivity contribution in [3.63, 3.8) is 0 Å². The van der Waals surface area contributed by atoms with E-state index in [1.807, 2.05) is 68.4 Å². The van der Waals surface area contributed by atoms with Crippen LogP contribution in [0.25, 0.3) is 27.6 Å². The summed E-state index contributed by atoms with van der Waals surface area (Å²) in [5.74, 6) is 0.445. The highest BCUT2D eigenvalue weighted by atomic mass is 32.2. The number of thioether (sulfide) groups is 1. The Morgan fingerprint density at radius 2 is 1.86 bits per heavy atom. The lowest BCUT2D eigenvalue weighted by atomic mass is 10.1. The first-order valence-electron chi connectivity index (χ1n) is 11.1. The highest BCUT2D eigenvalue weighted by molar-refractivity contribution is 7.99. The van der Waals surface area contributed by atoms with Crippen molar-refractivity contribution in [2.45, 2.75) is 19.0 Å². The molecule has 3 aromatic carbocycles. The number of aromatic nitrogens is 3. The molecule has 0 aliphatic heterocycles. The van der Waals surface area contributed by atoms with Gasteiger partial charge < -0.3 is 15.0 Å². The van der Waals surface area contributed by atoms with Crippen molar-refractivity contribution in [2.24, 2.45) is 0 Å². The summed E-state index contributed by atoms with van der Waals surface area (Å²) in [5.41, 5.74) is 4.94. The maximum atomic E-state index is 13.7. The number of nitrogens with one attached hydrogen (secondary N) is 2. The van der Waals surface area contributed by atoms with E-state index in [9.17, 15) is 9.59 Å². The number of aryl methyl sites for hydroxylation is 2. The van der Waals surface area contributed by atoms with Crippen LogP contribution >= 0.6 is 11.8 Å². The van der Waals surface area contributed by atoms with Gasteiger partial charge in [-0.15, -0.1) is 0 Å². The van der Waals surface area contributed by atoms with Gasteiger partial charge in [0.1, 0.15) is 16.8 Å². The monoisotopic (exact) mass is 484 g/mol. The molecule has 2 N–H and O–H groups in total. The standard InChI is InChI=1S/C27H24N4O3S/c1-16-12-13-17(2)20(14-16)28-23(32)15-35-27-30-24-18-8-4-5-9-19(18)29-25(24)26(33)31(27)21-10-6-7-11-22(21)34-3/h4-14,29H,15H2,1-3H3,(H,28,32). The second-order valence-corrected chi connectivity index (χ2v) is 9.20. The lowest BCUT2D eigenvalue weighted by Gasteiger charge is -2.15. The highest BCUT2D eigenvalue weighted by Gasteiger charge is 2.20. The first-order valence-corrected chi connectivity index (χ1v) is 12.1. The fourth-order valence-electron chi connectivity index (χ4n) is 4.05. The van der Waals surface area contributed by atoms with Gasteiger partial charge in [0.2, 0.25) is 5.91 Å². The minimum absolute atomic E-state index is 0.0861. The third-order valence-electron chi connectivity index (χ3n) is 5.82. The van der Waals surface area contributed by atoms with Gasteiger partial charge in [0.05, 0.1) is 18.6 Å². The number of nitrogens with zero attached hydrogens (tertiary/aromatic N) is 2. The van der Waals surface area contributed by atoms with Crippen LogP contribution < -0.4 is 15.6 Å². The zero-order valence-corrected chi connectivity index (χ0v) is 20.4. The first-order chi connectivity index (χ1) is 17.0. The van der Waals surface area contributed by atoms with E-state index in [4.69, 9.17) is 9.72 Å². The summed E-state index contributed by atoms with van der Waals surface area (Å²) in [6, 6.07) is 20.8. The average molecular weight is 485 g/mol. The molecule has 5 aromatic rings. The van der Waals surface area contributed by atoms with Crippen molar-refractivity contribution in [3.8, 4) is 11.4 Å². The minimum Gasteiger partial charge on any atom is -0.495 e. The van der Waals surface area contributed by atoms with Gasteiger partial charge in [-0.25, -0.2) is 9.55 Å². The fourth-order valence-corrected chi connectivity index (χ4v) is 4.85. The topological polar surface area (TPSA) is 89.0 Å². The molecule has 0 unspecified atom stereocenters. The summed E-state index contributed by atoms with van der Waals surface area (Å²) in [6.45, 7) is 3.93. The number of methoxy groups -OCH3 is 1. The van der Waals surface area contributed by atoms with Crippen molar-refractivity contribution in [2.75, 3.05) is 18.2 Å². The molecule has 0 spiro atoms. The van der Waals surface area contributed by atoms with Crippen molar-refractivity contribution < 1.29 is 9.53 Å². The Labute approximate surface area is 206 Å². The first kappa shape index (κ1) is 22.7. The number of rotatable bonds is 6. The normalized spacial score (nSPS) is 11.2. The second kappa shape index (κ2) is 9.31. The molecule has 7 nitrogen and oxygen atoms in total. The van der Waals surface area contributed by atoms with Crippen LogP contribution in [-0.2, 0) is 4.79 Å². The number of para-hydroxylation sites is 3. The van der Waals surface area contributed by atoms with Gasteiger partial charge in [-0.2, -0.15) is 0 Å². The van der Waals surface area contributed by atoms with Crippen LogP contribution in [-0.4, -0.2) is 33.3 Å². The molecule has 0 bridgehead atoms. The Bertz CT molecular complexity index is 1640. The molecule has 0 saturated carbocycles. The lowest BCUT2D eigenvalue weighted by molar-refractivity contribution is -0.113. The Morgan fingerprint density at radius 3 is 2.69 bits per heavy atom. The van der Waals surface area contributed by atoms with E-state index < -0.39 is 0 Å². The number of anilines is 1. The number of fused-ring (bicyclic) bond motifs is 3. The quantitative estimate of drug-likeness (QED) is 0.255. The molecule has 2 heterocycles. The Kier molecular flexibility index (Phi) is 6.05. The number of carbonyl (C=O) groups excluding carboxylic acids is 1. The molecular weight excluding hydrogens is 460 g/mol. The summed E-state index contributed by atoms with van der Waals surface area (Å²) in [4.78, 5) is 34.6. The molecule has 0 aliphatic carbocycles. The molecule has 0 aliphatic rings. The largest absolute Gasteiger partial charge is 0.495 e. The van der Waals surface area contributed by atoms with E-state index >= 15 is 0 Å². The van der Waals surface area contributed by atoms with Crippen LogP contribution in [0.5, 0.6) is 5.75 Å². The number of H-pyrrole nitrogens is 1. The molecule has 176 valence electrons. The summed E-state index contributed by atoms with van der Waals surface area (Å²) < 4.78 is 7.03. The fraction of sp³-hybridized carbons (Fsp3) is 0.148. The zero-order chi connectivity index (χ0) is 24.5. The maximum Gasteiger partial charge on any atom is 0.283 e. The van der Waals surface area contributed by atoms with Crippen LogP contribution in [0.15, 0.2) is 76.7 Å². The van der Waals surface area contributed by atoms with Crippen molar-refractivity contribution >= 4 is 45.3 Å². The van der Waals surface area contributed by atoms with Crippen molar-refractivity contribution in [1.29, 1.82) is 0 Å². The number of hydrogen-bond donors (Lipinski definition) is 2. The third kappa shape index (κ3) is 4.28. The van der Waals surface area contributed by atoms with Crippen LogP contribution in [0.3, 0.4) is 0 Å². The van der Waals surface area contributed by atoms with Gasteiger partial charge in [-0.1, -0.05) is 54.2 Å². The molecule has 8 heteroatoms.